The average Bonchev–Trinajstić information content (AvgIpc) is 2.35. The van der Waals surface area contributed by atoms with Gasteiger partial charge in [-0.15, -0.1) is 0 Å². The van der Waals surface area contributed by atoms with Crippen LogP contribution in [0.2, 0.25) is 0 Å². The van der Waals surface area contributed by atoms with Gasteiger partial charge in [-0.05, 0) is 45.9 Å². The lowest BCUT2D eigenvalue weighted by atomic mass is 10.2. The van der Waals surface area contributed by atoms with Crippen molar-refractivity contribution in [2.75, 3.05) is 12.3 Å². The Morgan fingerprint density at radius 3 is 2.47 bits per heavy atom. The van der Waals surface area contributed by atoms with Gasteiger partial charge in [-0.1, -0.05) is 29.8 Å². The molecule has 0 aliphatic rings. The molecule has 1 N–H and O–H groups in total. The predicted molar refractivity (Wildman–Crippen MR) is 80.0 cm³/mol. The first-order chi connectivity index (χ1) is 8.92. The molecule has 0 spiro atoms. The topological polar surface area (TPSA) is 46.2 Å². The molecule has 0 heterocycles. The fourth-order valence-electron chi connectivity index (χ4n) is 1.90. The maximum absolute atomic E-state index is 12.0. The first kappa shape index (κ1) is 15.9. The zero-order chi connectivity index (χ0) is 14.3. The molecule has 0 aliphatic heterocycles. The van der Waals surface area contributed by atoms with Gasteiger partial charge in [-0.3, -0.25) is 0 Å². The van der Waals surface area contributed by atoms with E-state index in [9.17, 15) is 8.42 Å². The second kappa shape index (κ2) is 7.46. The Bertz CT molecular complexity index is 502. The third-order valence-corrected chi connectivity index (χ3v) is 4.56. The van der Waals surface area contributed by atoms with E-state index in [2.05, 4.69) is 32.2 Å². The lowest BCUT2D eigenvalue weighted by molar-refractivity contribution is 0.582. The molecule has 1 unspecified atom stereocenters. The van der Waals surface area contributed by atoms with Gasteiger partial charge in [0.05, 0.1) is 10.6 Å². The van der Waals surface area contributed by atoms with Gasteiger partial charge in [-0.25, -0.2) is 8.42 Å². The van der Waals surface area contributed by atoms with Crippen molar-refractivity contribution >= 4 is 9.84 Å². The lowest BCUT2D eigenvalue weighted by Gasteiger charge is -2.10. The molecule has 106 valence electrons. The number of benzene rings is 1. The van der Waals surface area contributed by atoms with E-state index in [-0.39, 0.29) is 11.8 Å². The summed E-state index contributed by atoms with van der Waals surface area (Å²) in [5.74, 6) is 0.186. The van der Waals surface area contributed by atoms with Crippen LogP contribution in [0.15, 0.2) is 46.9 Å². The Balaban J connectivity index is 2.40. The van der Waals surface area contributed by atoms with Crippen molar-refractivity contribution in [2.24, 2.45) is 0 Å². The molecule has 0 aliphatic carbocycles. The normalized spacial score (nSPS) is 13.0. The van der Waals surface area contributed by atoms with Gasteiger partial charge in [0.2, 0.25) is 0 Å². The van der Waals surface area contributed by atoms with Gasteiger partial charge in [-0.2, -0.15) is 0 Å². The van der Waals surface area contributed by atoms with E-state index in [1.165, 1.54) is 5.57 Å². The van der Waals surface area contributed by atoms with Gasteiger partial charge in [0.15, 0.2) is 9.84 Å². The molecule has 0 aromatic heterocycles. The molecule has 1 atom stereocenters. The summed E-state index contributed by atoms with van der Waals surface area (Å²) >= 11 is 0. The molecule has 0 fully saturated rings. The maximum Gasteiger partial charge on any atom is 0.178 e. The largest absolute Gasteiger partial charge is 0.311 e. The van der Waals surface area contributed by atoms with Crippen LogP contribution in [0.1, 0.15) is 27.2 Å². The van der Waals surface area contributed by atoms with Gasteiger partial charge in [0, 0.05) is 6.04 Å². The van der Waals surface area contributed by atoms with Crippen molar-refractivity contribution in [1.29, 1.82) is 0 Å². The van der Waals surface area contributed by atoms with Crippen LogP contribution in [0.25, 0.3) is 0 Å². The van der Waals surface area contributed by atoms with Crippen LogP contribution in [0.5, 0.6) is 0 Å². The van der Waals surface area contributed by atoms with Crippen molar-refractivity contribution in [2.45, 2.75) is 38.1 Å². The molecular weight excluding hydrogens is 258 g/mol. The van der Waals surface area contributed by atoms with Gasteiger partial charge in [0.25, 0.3) is 0 Å². The molecule has 0 bridgehead atoms. The molecule has 1 rings (SSSR count). The van der Waals surface area contributed by atoms with Crippen molar-refractivity contribution < 1.29 is 8.42 Å². The van der Waals surface area contributed by atoms with E-state index in [0.717, 1.165) is 0 Å². The first-order valence-electron chi connectivity index (χ1n) is 6.58. The molecule has 0 amide bonds. The Morgan fingerprint density at radius 1 is 1.26 bits per heavy atom. The predicted octanol–water partition coefficient (Wildman–Crippen LogP) is 2.79. The van der Waals surface area contributed by atoms with Crippen molar-refractivity contribution in [3.8, 4) is 0 Å². The summed E-state index contributed by atoms with van der Waals surface area (Å²) in [7, 11) is -3.14. The zero-order valence-corrected chi connectivity index (χ0v) is 12.7. The Kier molecular flexibility index (Phi) is 6.25. The highest BCUT2D eigenvalue weighted by atomic mass is 32.2. The molecule has 19 heavy (non-hydrogen) atoms. The molecule has 1 aromatic carbocycles. The number of nitrogens with one attached hydrogen (secondary N) is 1. The zero-order valence-electron chi connectivity index (χ0n) is 11.9. The van der Waals surface area contributed by atoms with Gasteiger partial charge in [0.1, 0.15) is 0 Å². The van der Waals surface area contributed by atoms with Crippen molar-refractivity contribution in [3.05, 3.63) is 42.0 Å². The van der Waals surface area contributed by atoms with Crippen LogP contribution >= 0.6 is 0 Å². The summed E-state index contributed by atoms with van der Waals surface area (Å²) in [6.45, 7) is 6.88. The summed E-state index contributed by atoms with van der Waals surface area (Å²) < 4.78 is 24.0. The van der Waals surface area contributed by atoms with E-state index in [0.29, 0.717) is 17.9 Å². The van der Waals surface area contributed by atoms with Gasteiger partial charge >= 0.3 is 0 Å². The highest BCUT2D eigenvalue weighted by Gasteiger charge is 2.12. The van der Waals surface area contributed by atoms with Crippen LogP contribution in [0.3, 0.4) is 0 Å². The molecule has 0 saturated heterocycles. The second-order valence-corrected chi connectivity index (χ2v) is 7.08. The highest BCUT2D eigenvalue weighted by molar-refractivity contribution is 7.91. The summed E-state index contributed by atoms with van der Waals surface area (Å²) in [5, 5.41) is 3.30. The number of allylic oxidation sites excluding steroid dienone is 1. The highest BCUT2D eigenvalue weighted by Crippen LogP contribution is 2.10. The Morgan fingerprint density at radius 2 is 1.89 bits per heavy atom. The van der Waals surface area contributed by atoms with Crippen LogP contribution in [0, 0.1) is 0 Å². The molecule has 1 aromatic rings. The molecule has 0 radical (unpaired) electrons. The van der Waals surface area contributed by atoms with Crippen molar-refractivity contribution in [1.82, 2.24) is 5.32 Å². The van der Waals surface area contributed by atoms with Crippen LogP contribution < -0.4 is 5.32 Å². The van der Waals surface area contributed by atoms with Crippen molar-refractivity contribution in [3.63, 3.8) is 0 Å². The summed E-state index contributed by atoms with van der Waals surface area (Å²) in [4.78, 5) is 0.410. The third kappa shape index (κ3) is 6.03. The summed E-state index contributed by atoms with van der Waals surface area (Å²) in [5.41, 5.74) is 1.26. The molecular formula is C15H23NO2S. The molecule has 3 nitrogen and oxygen atoms in total. The number of rotatable bonds is 7. The first-order valence-corrected chi connectivity index (χ1v) is 8.23. The van der Waals surface area contributed by atoms with E-state index >= 15 is 0 Å². The SMILES string of the molecule is CC(C)=CC(C)NCCCS(=O)(=O)c1ccccc1. The average molecular weight is 281 g/mol. The monoisotopic (exact) mass is 281 g/mol. The van der Waals surface area contributed by atoms with E-state index in [1.54, 1.807) is 24.3 Å². The number of hydrogen-bond donors (Lipinski definition) is 1. The Labute approximate surface area is 116 Å². The second-order valence-electron chi connectivity index (χ2n) is 4.97. The standard InChI is InChI=1S/C15H23NO2S/c1-13(2)12-14(3)16-10-7-11-19(17,18)15-8-5-4-6-9-15/h4-6,8-9,12,14,16H,7,10-11H2,1-3H3. The van der Waals surface area contributed by atoms with E-state index < -0.39 is 9.84 Å². The summed E-state index contributed by atoms with van der Waals surface area (Å²) in [6, 6.07) is 8.90. The van der Waals surface area contributed by atoms with E-state index in [4.69, 9.17) is 0 Å². The smallest absolute Gasteiger partial charge is 0.178 e. The summed E-state index contributed by atoms with van der Waals surface area (Å²) in [6.07, 6.45) is 2.75. The maximum atomic E-state index is 12.0. The Hall–Kier alpha value is -1.13. The lowest BCUT2D eigenvalue weighted by Crippen LogP contribution is -2.26. The van der Waals surface area contributed by atoms with Crippen LogP contribution in [-0.2, 0) is 9.84 Å². The van der Waals surface area contributed by atoms with Crippen LogP contribution in [-0.4, -0.2) is 26.8 Å². The third-order valence-electron chi connectivity index (χ3n) is 2.74. The quantitative estimate of drug-likeness (QED) is 0.617. The molecule has 0 saturated carbocycles. The molecule has 4 heteroatoms. The van der Waals surface area contributed by atoms with Gasteiger partial charge < -0.3 is 5.32 Å². The fraction of sp³-hybridized carbons (Fsp3) is 0.467. The minimum Gasteiger partial charge on any atom is -0.311 e. The minimum absolute atomic E-state index is 0.186. The number of hydrogen-bond acceptors (Lipinski definition) is 3. The number of sulfone groups is 1. The minimum atomic E-state index is -3.14. The fourth-order valence-corrected chi connectivity index (χ4v) is 3.23. The van der Waals surface area contributed by atoms with E-state index in [1.807, 2.05) is 6.07 Å². The van der Waals surface area contributed by atoms with Crippen LogP contribution in [0.4, 0.5) is 0 Å².